The number of nitriles is 1. The largest absolute Gasteiger partial charge is 0.416 e. The van der Waals surface area contributed by atoms with Gasteiger partial charge in [-0.05, 0) is 35.4 Å². The van der Waals surface area contributed by atoms with E-state index in [4.69, 9.17) is 5.26 Å². The summed E-state index contributed by atoms with van der Waals surface area (Å²) in [5.74, 6) is 0. The van der Waals surface area contributed by atoms with Gasteiger partial charge in [-0.15, -0.1) is 0 Å². The van der Waals surface area contributed by atoms with Crippen LogP contribution in [0.15, 0.2) is 42.5 Å². The Morgan fingerprint density at radius 2 is 1.77 bits per heavy atom. The highest BCUT2D eigenvalue weighted by Gasteiger charge is 2.30. The fraction of sp³-hybridized carbons (Fsp3) is 0.0588. The van der Waals surface area contributed by atoms with Crippen molar-refractivity contribution in [3.63, 3.8) is 0 Å². The zero-order valence-electron chi connectivity index (χ0n) is 11.3. The Labute approximate surface area is 125 Å². The molecule has 2 aromatic carbocycles. The lowest BCUT2D eigenvalue weighted by Gasteiger charge is -2.06. The summed E-state index contributed by atoms with van der Waals surface area (Å²) < 4.78 is 37.9. The fourth-order valence-corrected chi connectivity index (χ4v) is 1.90. The van der Waals surface area contributed by atoms with Crippen LogP contribution in [0.3, 0.4) is 0 Å². The Bertz CT molecular complexity index is 770. The van der Waals surface area contributed by atoms with Gasteiger partial charge in [-0.3, -0.25) is 4.79 Å². The molecule has 0 amide bonds. The van der Waals surface area contributed by atoms with Crippen molar-refractivity contribution >= 4 is 18.4 Å². The number of aldehydes is 1. The predicted octanol–water partition coefficient (Wildman–Crippen LogP) is 4.56. The SMILES string of the molecule is N#Cc1ccc(C=O)cc1/C=C/c1cccc(C(F)(F)F)c1. The van der Waals surface area contributed by atoms with Gasteiger partial charge < -0.3 is 0 Å². The smallest absolute Gasteiger partial charge is 0.298 e. The van der Waals surface area contributed by atoms with E-state index in [-0.39, 0.29) is 0 Å². The molecule has 0 radical (unpaired) electrons. The molecule has 0 atom stereocenters. The normalized spacial score (nSPS) is 11.4. The lowest BCUT2D eigenvalue weighted by molar-refractivity contribution is -0.137. The van der Waals surface area contributed by atoms with E-state index in [0.29, 0.717) is 28.5 Å². The predicted molar refractivity (Wildman–Crippen MR) is 76.9 cm³/mol. The molecule has 0 saturated carbocycles. The molecule has 5 heteroatoms. The summed E-state index contributed by atoms with van der Waals surface area (Å²) >= 11 is 0. The van der Waals surface area contributed by atoms with Crippen LogP contribution in [0.25, 0.3) is 12.2 Å². The molecule has 0 fully saturated rings. The van der Waals surface area contributed by atoms with Crippen LogP contribution in [-0.2, 0) is 6.18 Å². The van der Waals surface area contributed by atoms with Crippen molar-refractivity contribution < 1.29 is 18.0 Å². The highest BCUT2D eigenvalue weighted by atomic mass is 19.4. The first-order valence-electron chi connectivity index (χ1n) is 6.29. The Hall–Kier alpha value is -2.87. The molecule has 0 aromatic heterocycles. The van der Waals surface area contributed by atoms with E-state index in [9.17, 15) is 18.0 Å². The highest BCUT2D eigenvalue weighted by molar-refractivity contribution is 5.80. The molecule has 0 saturated heterocycles. The number of nitrogens with zero attached hydrogens (tertiary/aromatic N) is 1. The molecule has 2 nitrogen and oxygen atoms in total. The van der Waals surface area contributed by atoms with Crippen LogP contribution >= 0.6 is 0 Å². The maximum absolute atomic E-state index is 12.6. The van der Waals surface area contributed by atoms with Gasteiger partial charge in [0.1, 0.15) is 6.29 Å². The highest BCUT2D eigenvalue weighted by Crippen LogP contribution is 2.30. The van der Waals surface area contributed by atoms with E-state index in [1.54, 1.807) is 0 Å². The van der Waals surface area contributed by atoms with Crippen molar-refractivity contribution in [3.05, 3.63) is 70.3 Å². The minimum absolute atomic E-state index is 0.342. The molecule has 0 aliphatic rings. The molecule has 22 heavy (non-hydrogen) atoms. The Morgan fingerprint density at radius 1 is 1.00 bits per heavy atom. The van der Waals surface area contributed by atoms with Gasteiger partial charge in [-0.2, -0.15) is 18.4 Å². The Morgan fingerprint density at radius 3 is 2.41 bits per heavy atom. The number of benzene rings is 2. The van der Waals surface area contributed by atoms with Gasteiger partial charge in [0.15, 0.2) is 0 Å². The van der Waals surface area contributed by atoms with Crippen LogP contribution in [0.1, 0.15) is 32.6 Å². The number of hydrogen-bond donors (Lipinski definition) is 0. The molecule has 0 unspecified atom stereocenters. The molecule has 0 spiro atoms. The number of carbonyl (C=O) groups is 1. The van der Waals surface area contributed by atoms with Gasteiger partial charge in [-0.1, -0.05) is 30.4 Å². The second-order valence-electron chi connectivity index (χ2n) is 4.53. The number of rotatable bonds is 3. The van der Waals surface area contributed by atoms with E-state index < -0.39 is 11.7 Å². The number of carbonyl (C=O) groups excluding carboxylic acids is 1. The minimum Gasteiger partial charge on any atom is -0.298 e. The summed E-state index contributed by atoms with van der Waals surface area (Å²) in [4.78, 5) is 10.8. The fourth-order valence-electron chi connectivity index (χ4n) is 1.90. The van der Waals surface area contributed by atoms with Crippen molar-refractivity contribution in [2.75, 3.05) is 0 Å². The molecule has 0 aliphatic carbocycles. The molecule has 2 aromatic rings. The second kappa shape index (κ2) is 6.27. The third-order valence-corrected chi connectivity index (χ3v) is 3.00. The zero-order chi connectivity index (χ0) is 16.2. The van der Waals surface area contributed by atoms with E-state index in [1.807, 2.05) is 6.07 Å². The quantitative estimate of drug-likeness (QED) is 0.616. The van der Waals surface area contributed by atoms with E-state index >= 15 is 0 Å². The van der Waals surface area contributed by atoms with Crippen LogP contribution in [-0.4, -0.2) is 6.29 Å². The molecule has 0 N–H and O–H groups in total. The van der Waals surface area contributed by atoms with Crippen LogP contribution < -0.4 is 0 Å². The van der Waals surface area contributed by atoms with Gasteiger partial charge in [0.05, 0.1) is 17.2 Å². The second-order valence-corrected chi connectivity index (χ2v) is 4.53. The van der Waals surface area contributed by atoms with Crippen LogP contribution in [0, 0.1) is 11.3 Å². The van der Waals surface area contributed by atoms with Crippen molar-refractivity contribution in [1.29, 1.82) is 5.26 Å². The van der Waals surface area contributed by atoms with Gasteiger partial charge in [0.25, 0.3) is 0 Å². The summed E-state index contributed by atoms with van der Waals surface area (Å²) in [6.07, 6.45) is -0.775. The molecule has 110 valence electrons. The summed E-state index contributed by atoms with van der Waals surface area (Å²) in [6, 6.07) is 11.3. The lowest BCUT2D eigenvalue weighted by Crippen LogP contribution is -2.04. The maximum Gasteiger partial charge on any atom is 0.416 e. The number of halogens is 3. The first-order valence-corrected chi connectivity index (χ1v) is 6.29. The average molecular weight is 301 g/mol. The zero-order valence-corrected chi connectivity index (χ0v) is 11.3. The number of hydrogen-bond acceptors (Lipinski definition) is 2. The maximum atomic E-state index is 12.6. The van der Waals surface area contributed by atoms with E-state index in [1.165, 1.54) is 42.5 Å². The van der Waals surface area contributed by atoms with Gasteiger partial charge in [0, 0.05) is 5.56 Å². The third-order valence-electron chi connectivity index (χ3n) is 3.00. The molecule has 2 rings (SSSR count). The third kappa shape index (κ3) is 3.61. The monoisotopic (exact) mass is 301 g/mol. The summed E-state index contributed by atoms with van der Waals surface area (Å²) in [5, 5.41) is 9.01. The summed E-state index contributed by atoms with van der Waals surface area (Å²) in [7, 11) is 0. The van der Waals surface area contributed by atoms with Gasteiger partial charge in [-0.25, -0.2) is 0 Å². The van der Waals surface area contributed by atoms with E-state index in [2.05, 4.69) is 0 Å². The topological polar surface area (TPSA) is 40.9 Å². The Balaban J connectivity index is 2.37. The first-order chi connectivity index (χ1) is 10.4. The van der Waals surface area contributed by atoms with Crippen LogP contribution in [0.2, 0.25) is 0 Å². The van der Waals surface area contributed by atoms with Crippen molar-refractivity contribution in [3.8, 4) is 6.07 Å². The molecular weight excluding hydrogens is 291 g/mol. The minimum atomic E-state index is -4.40. The number of alkyl halides is 3. The van der Waals surface area contributed by atoms with Crippen molar-refractivity contribution in [2.45, 2.75) is 6.18 Å². The summed E-state index contributed by atoms with van der Waals surface area (Å²) in [5.41, 5.74) is 0.827. The molecular formula is C17H10F3NO. The van der Waals surface area contributed by atoms with Crippen molar-refractivity contribution in [2.24, 2.45) is 0 Å². The van der Waals surface area contributed by atoms with Gasteiger partial charge in [0.2, 0.25) is 0 Å². The van der Waals surface area contributed by atoms with Crippen molar-refractivity contribution in [1.82, 2.24) is 0 Å². The molecule has 0 heterocycles. The summed E-state index contributed by atoms with van der Waals surface area (Å²) in [6.45, 7) is 0. The standard InChI is InChI=1S/C17H10F3NO/c18-17(19,20)16-3-1-2-12(9-16)4-6-14-8-13(11-22)5-7-15(14)10-21/h1-9,11H/b6-4+. The average Bonchev–Trinajstić information content (AvgIpc) is 2.52. The Kier molecular flexibility index (Phi) is 4.42. The molecule has 0 bridgehead atoms. The van der Waals surface area contributed by atoms with Crippen LogP contribution in [0.5, 0.6) is 0 Å². The van der Waals surface area contributed by atoms with Gasteiger partial charge >= 0.3 is 6.18 Å². The van der Waals surface area contributed by atoms with E-state index in [0.717, 1.165) is 12.1 Å². The first kappa shape index (κ1) is 15.5. The van der Waals surface area contributed by atoms with Crippen LogP contribution in [0.4, 0.5) is 13.2 Å². The lowest BCUT2D eigenvalue weighted by atomic mass is 10.0. The molecule has 0 aliphatic heterocycles.